The number of methoxy groups -OCH3 is 1. The van der Waals surface area contributed by atoms with E-state index < -0.39 is 10.7 Å². The van der Waals surface area contributed by atoms with Crippen LogP contribution in [-0.4, -0.2) is 23.6 Å². The molecule has 0 atom stereocenters. The Labute approximate surface area is 133 Å². The van der Waals surface area contributed by atoms with Crippen LogP contribution < -0.4 is 9.64 Å². The fraction of sp³-hybridized carbons (Fsp3) is 0.188. The number of rotatable bonds is 7. The Kier molecular flexibility index (Phi) is 5.24. The van der Waals surface area contributed by atoms with Crippen LogP contribution in [-0.2, 0) is 0 Å². The number of benzene rings is 1. The maximum atomic E-state index is 13.4. The van der Waals surface area contributed by atoms with Crippen molar-refractivity contribution in [2.45, 2.75) is 6.42 Å². The van der Waals surface area contributed by atoms with E-state index in [1.54, 1.807) is 29.4 Å². The van der Waals surface area contributed by atoms with Gasteiger partial charge in [0.15, 0.2) is 0 Å². The Morgan fingerprint density at radius 1 is 1.43 bits per heavy atom. The minimum Gasteiger partial charge on any atom is -0.494 e. The number of ether oxygens (including phenoxy) is 1. The quantitative estimate of drug-likeness (QED) is 0.441. The van der Waals surface area contributed by atoms with Crippen molar-refractivity contribution in [2.75, 3.05) is 18.6 Å². The molecule has 0 spiro atoms. The van der Waals surface area contributed by atoms with Crippen LogP contribution in [0.4, 0.5) is 21.5 Å². The Balaban J connectivity index is 2.60. The molecule has 0 aliphatic heterocycles. The summed E-state index contributed by atoms with van der Waals surface area (Å²) >= 11 is 0. The first-order valence-corrected chi connectivity index (χ1v) is 6.89. The summed E-state index contributed by atoms with van der Waals surface area (Å²) in [6.07, 6.45) is 5.39. The molecule has 1 aromatic carbocycles. The van der Waals surface area contributed by atoms with Crippen molar-refractivity contribution in [2.24, 2.45) is 0 Å². The zero-order valence-corrected chi connectivity index (χ0v) is 12.6. The lowest BCUT2D eigenvalue weighted by Crippen LogP contribution is -2.20. The van der Waals surface area contributed by atoms with Crippen molar-refractivity contribution >= 4 is 17.1 Å². The molecular formula is C16H16FN3O3. The summed E-state index contributed by atoms with van der Waals surface area (Å²) in [5.74, 6) is -0.148. The number of anilines is 2. The molecule has 2 rings (SSSR count). The normalized spacial score (nSPS) is 10.2. The molecule has 0 aliphatic rings. The Hall–Kier alpha value is -2.96. The first-order valence-electron chi connectivity index (χ1n) is 6.89. The van der Waals surface area contributed by atoms with Gasteiger partial charge in [0.1, 0.15) is 22.9 Å². The molecule has 6 nitrogen and oxygen atoms in total. The molecule has 0 fully saturated rings. The van der Waals surface area contributed by atoms with Gasteiger partial charge < -0.3 is 9.64 Å². The minimum atomic E-state index is -0.665. The molecule has 0 N–H and O–H groups in total. The van der Waals surface area contributed by atoms with Crippen molar-refractivity contribution in [1.29, 1.82) is 0 Å². The zero-order chi connectivity index (χ0) is 16.8. The molecule has 1 aromatic heterocycles. The van der Waals surface area contributed by atoms with Crippen molar-refractivity contribution in [3.63, 3.8) is 0 Å². The molecule has 0 saturated carbocycles. The van der Waals surface area contributed by atoms with Crippen LogP contribution in [0.3, 0.4) is 0 Å². The largest absolute Gasteiger partial charge is 0.494 e. The summed E-state index contributed by atoms with van der Waals surface area (Å²) in [6, 6.07) is 5.12. The van der Waals surface area contributed by atoms with Gasteiger partial charge in [0.05, 0.1) is 24.3 Å². The Bertz CT molecular complexity index is 721. The second kappa shape index (κ2) is 7.35. The van der Waals surface area contributed by atoms with Crippen molar-refractivity contribution < 1.29 is 14.1 Å². The third kappa shape index (κ3) is 3.63. The molecule has 0 saturated heterocycles. The van der Waals surface area contributed by atoms with Gasteiger partial charge in [-0.3, -0.25) is 15.1 Å². The van der Waals surface area contributed by atoms with E-state index in [4.69, 9.17) is 4.74 Å². The minimum absolute atomic E-state index is 0.268. The van der Waals surface area contributed by atoms with Gasteiger partial charge in [0.25, 0.3) is 5.69 Å². The monoisotopic (exact) mass is 317 g/mol. The van der Waals surface area contributed by atoms with Crippen molar-refractivity contribution in [1.82, 2.24) is 4.98 Å². The van der Waals surface area contributed by atoms with Gasteiger partial charge in [-0.15, -0.1) is 6.58 Å². The van der Waals surface area contributed by atoms with E-state index in [1.807, 2.05) is 0 Å². The standard InChI is InChI=1S/C16H16FN3O3/c1-3-4-9-19(15-11-18-8-7-16(15)23-2)13-6-5-12(17)10-14(13)20(21)22/h3,5-8,10-11H,1,4,9H2,2H3. The molecule has 0 unspecified atom stereocenters. The van der Waals surface area contributed by atoms with Crippen LogP contribution in [0.5, 0.6) is 5.75 Å². The van der Waals surface area contributed by atoms with Crippen LogP contribution >= 0.6 is 0 Å². The summed E-state index contributed by atoms with van der Waals surface area (Å²) in [7, 11) is 1.50. The molecule has 7 heteroatoms. The summed E-state index contributed by atoms with van der Waals surface area (Å²) in [4.78, 5) is 16.4. The molecule has 0 amide bonds. The van der Waals surface area contributed by atoms with E-state index in [0.29, 0.717) is 24.4 Å². The van der Waals surface area contributed by atoms with Gasteiger partial charge in [-0.2, -0.15) is 0 Å². The number of halogens is 1. The Morgan fingerprint density at radius 3 is 2.87 bits per heavy atom. The van der Waals surface area contributed by atoms with Crippen LogP contribution in [0.2, 0.25) is 0 Å². The number of nitro benzene ring substituents is 1. The number of nitro groups is 1. The predicted molar refractivity (Wildman–Crippen MR) is 85.7 cm³/mol. The average Bonchev–Trinajstić information content (AvgIpc) is 2.56. The Morgan fingerprint density at radius 2 is 2.22 bits per heavy atom. The maximum absolute atomic E-state index is 13.4. The highest BCUT2D eigenvalue weighted by molar-refractivity contribution is 5.75. The predicted octanol–water partition coefficient (Wildman–Crippen LogP) is 3.85. The second-order valence-corrected chi connectivity index (χ2v) is 4.67. The lowest BCUT2D eigenvalue weighted by atomic mass is 10.2. The van der Waals surface area contributed by atoms with E-state index in [9.17, 15) is 14.5 Å². The third-order valence-corrected chi connectivity index (χ3v) is 3.25. The highest BCUT2D eigenvalue weighted by atomic mass is 19.1. The number of hydrogen-bond donors (Lipinski definition) is 0. The summed E-state index contributed by atoms with van der Waals surface area (Å²) in [5, 5.41) is 11.3. The zero-order valence-electron chi connectivity index (χ0n) is 12.6. The SMILES string of the molecule is C=CCCN(c1cnccc1OC)c1ccc(F)cc1[N+](=O)[O-]. The first-order chi connectivity index (χ1) is 11.1. The molecular weight excluding hydrogens is 301 g/mol. The second-order valence-electron chi connectivity index (χ2n) is 4.67. The van der Waals surface area contributed by atoms with Gasteiger partial charge in [0, 0.05) is 18.8 Å². The fourth-order valence-corrected chi connectivity index (χ4v) is 2.21. The van der Waals surface area contributed by atoms with E-state index >= 15 is 0 Å². The smallest absolute Gasteiger partial charge is 0.295 e. The van der Waals surface area contributed by atoms with Crippen molar-refractivity contribution in [3.05, 3.63) is 65.2 Å². The number of pyridine rings is 1. The number of nitrogens with zero attached hydrogens (tertiary/aromatic N) is 3. The van der Waals surface area contributed by atoms with Crippen LogP contribution in [0.1, 0.15) is 6.42 Å². The maximum Gasteiger partial charge on any atom is 0.295 e. The third-order valence-electron chi connectivity index (χ3n) is 3.25. The molecule has 1 heterocycles. The van der Waals surface area contributed by atoms with Crippen LogP contribution in [0.25, 0.3) is 0 Å². The van der Waals surface area contributed by atoms with Gasteiger partial charge in [-0.1, -0.05) is 6.08 Å². The van der Waals surface area contributed by atoms with Gasteiger partial charge >= 0.3 is 0 Å². The molecule has 0 bridgehead atoms. The van der Waals surface area contributed by atoms with Gasteiger partial charge in [-0.05, 0) is 18.6 Å². The molecule has 0 aliphatic carbocycles. The first kappa shape index (κ1) is 16.4. The van der Waals surface area contributed by atoms with E-state index in [0.717, 1.165) is 6.07 Å². The number of aromatic nitrogens is 1. The van der Waals surface area contributed by atoms with Crippen molar-refractivity contribution in [3.8, 4) is 5.75 Å². The van der Waals surface area contributed by atoms with Crippen LogP contribution in [0.15, 0.2) is 49.3 Å². The van der Waals surface area contributed by atoms with Gasteiger partial charge in [0.2, 0.25) is 0 Å². The van der Waals surface area contributed by atoms with Crippen LogP contribution in [0, 0.1) is 15.9 Å². The highest BCUT2D eigenvalue weighted by Crippen LogP contribution is 2.38. The van der Waals surface area contributed by atoms with E-state index in [1.165, 1.54) is 19.2 Å². The topological polar surface area (TPSA) is 68.5 Å². The lowest BCUT2D eigenvalue weighted by Gasteiger charge is -2.25. The number of hydrogen-bond acceptors (Lipinski definition) is 5. The summed E-state index contributed by atoms with van der Waals surface area (Å²) in [6.45, 7) is 4.08. The molecule has 0 radical (unpaired) electrons. The van der Waals surface area contributed by atoms with E-state index in [-0.39, 0.29) is 11.4 Å². The molecule has 120 valence electrons. The molecule has 2 aromatic rings. The summed E-state index contributed by atoms with van der Waals surface area (Å²) < 4.78 is 18.7. The summed E-state index contributed by atoms with van der Waals surface area (Å²) in [5.41, 5.74) is 0.510. The molecule has 23 heavy (non-hydrogen) atoms. The fourth-order valence-electron chi connectivity index (χ4n) is 2.21. The average molecular weight is 317 g/mol. The lowest BCUT2D eigenvalue weighted by molar-refractivity contribution is -0.384. The highest BCUT2D eigenvalue weighted by Gasteiger charge is 2.23. The van der Waals surface area contributed by atoms with E-state index in [2.05, 4.69) is 11.6 Å². The van der Waals surface area contributed by atoms with Gasteiger partial charge in [-0.25, -0.2) is 4.39 Å².